The number of rotatable bonds is 2. The van der Waals surface area contributed by atoms with Gasteiger partial charge in [0.25, 0.3) is 0 Å². The van der Waals surface area contributed by atoms with Gasteiger partial charge < -0.3 is 11.1 Å². The molecule has 1 aromatic rings. The van der Waals surface area contributed by atoms with E-state index in [1.807, 2.05) is 12.1 Å². The van der Waals surface area contributed by atoms with Crippen LogP contribution in [0.5, 0.6) is 0 Å². The summed E-state index contributed by atoms with van der Waals surface area (Å²) in [7, 11) is 0. The van der Waals surface area contributed by atoms with Crippen molar-refractivity contribution in [2.45, 2.75) is 37.8 Å². The first-order valence-electron chi connectivity index (χ1n) is 6.55. The summed E-state index contributed by atoms with van der Waals surface area (Å²) in [6.45, 7) is 2.52. The Balaban J connectivity index is 1.69. The Morgan fingerprint density at radius 3 is 3.12 bits per heavy atom. The molecule has 4 heteroatoms. The highest BCUT2D eigenvalue weighted by atomic mass is 15.2. The second-order valence-electron chi connectivity index (χ2n) is 5.11. The first-order valence-corrected chi connectivity index (χ1v) is 6.55. The Morgan fingerprint density at radius 2 is 2.24 bits per heavy atom. The van der Waals surface area contributed by atoms with Gasteiger partial charge >= 0.3 is 0 Å². The van der Waals surface area contributed by atoms with Crippen molar-refractivity contribution in [3.63, 3.8) is 0 Å². The Kier molecular flexibility index (Phi) is 2.89. The van der Waals surface area contributed by atoms with Crippen LogP contribution in [0.3, 0.4) is 0 Å². The predicted octanol–water partition coefficient (Wildman–Crippen LogP) is 1.70. The fraction of sp³-hybridized carbons (Fsp3) is 0.615. The van der Waals surface area contributed by atoms with Crippen LogP contribution in [-0.4, -0.2) is 35.1 Å². The van der Waals surface area contributed by atoms with E-state index in [-0.39, 0.29) is 0 Å². The molecule has 2 atom stereocenters. The van der Waals surface area contributed by atoms with Crippen LogP contribution in [0, 0.1) is 0 Å². The monoisotopic (exact) mass is 232 g/mol. The molecule has 0 saturated carbocycles. The molecule has 17 heavy (non-hydrogen) atoms. The Bertz CT molecular complexity index is 393. The lowest BCUT2D eigenvalue weighted by Crippen LogP contribution is -2.41. The van der Waals surface area contributed by atoms with Gasteiger partial charge in [-0.3, -0.25) is 4.90 Å². The molecule has 3 N–H and O–H groups in total. The van der Waals surface area contributed by atoms with E-state index in [9.17, 15) is 0 Å². The molecule has 0 bridgehead atoms. The molecule has 92 valence electrons. The van der Waals surface area contributed by atoms with Crippen molar-refractivity contribution in [1.82, 2.24) is 9.88 Å². The van der Waals surface area contributed by atoms with Crippen molar-refractivity contribution < 1.29 is 0 Å². The van der Waals surface area contributed by atoms with Gasteiger partial charge in [-0.2, -0.15) is 0 Å². The number of nitrogens with one attached hydrogen (secondary N) is 1. The van der Waals surface area contributed by atoms with Crippen LogP contribution in [0.2, 0.25) is 0 Å². The molecule has 2 saturated heterocycles. The number of hydrogen-bond donors (Lipinski definition) is 2. The van der Waals surface area contributed by atoms with Crippen molar-refractivity contribution >= 4 is 11.5 Å². The molecule has 0 amide bonds. The molecule has 3 rings (SSSR count). The first-order chi connectivity index (χ1) is 8.33. The number of piperidine rings is 1. The fourth-order valence-corrected chi connectivity index (χ4v) is 3.17. The molecule has 2 aliphatic heterocycles. The van der Waals surface area contributed by atoms with Gasteiger partial charge in [0.2, 0.25) is 0 Å². The van der Waals surface area contributed by atoms with E-state index >= 15 is 0 Å². The topological polar surface area (TPSA) is 54.2 Å². The Morgan fingerprint density at radius 1 is 1.29 bits per heavy atom. The number of nitrogens with zero attached hydrogens (tertiary/aromatic N) is 2. The van der Waals surface area contributed by atoms with Gasteiger partial charge in [0.15, 0.2) is 0 Å². The molecule has 2 aliphatic rings. The molecule has 1 aromatic heterocycles. The van der Waals surface area contributed by atoms with Gasteiger partial charge in [-0.1, -0.05) is 6.42 Å². The van der Waals surface area contributed by atoms with E-state index in [4.69, 9.17) is 5.73 Å². The summed E-state index contributed by atoms with van der Waals surface area (Å²) < 4.78 is 0. The van der Waals surface area contributed by atoms with Crippen molar-refractivity contribution in [2.24, 2.45) is 0 Å². The largest absolute Gasteiger partial charge is 0.384 e. The van der Waals surface area contributed by atoms with E-state index in [1.165, 1.54) is 38.8 Å². The summed E-state index contributed by atoms with van der Waals surface area (Å²) in [5.41, 5.74) is 6.81. The summed E-state index contributed by atoms with van der Waals surface area (Å²) in [5.74, 6) is 0.591. The molecule has 0 aromatic carbocycles. The maximum absolute atomic E-state index is 5.70. The summed E-state index contributed by atoms with van der Waals surface area (Å²) in [4.78, 5) is 6.65. The molecule has 2 unspecified atom stereocenters. The highest BCUT2D eigenvalue weighted by Gasteiger charge is 2.35. The van der Waals surface area contributed by atoms with Gasteiger partial charge in [-0.15, -0.1) is 0 Å². The Hall–Kier alpha value is -1.29. The van der Waals surface area contributed by atoms with Gasteiger partial charge in [0.05, 0.1) is 0 Å². The van der Waals surface area contributed by atoms with Crippen LogP contribution in [0.25, 0.3) is 0 Å². The standard InChI is InChI=1S/C13H20N4/c14-13-9-10(4-6-15-13)16-11-5-8-17-7-2-1-3-12(11)17/h4,6,9,11-12H,1-3,5,7-8H2,(H3,14,15,16). The molecule has 2 fully saturated rings. The highest BCUT2D eigenvalue weighted by Crippen LogP contribution is 2.29. The smallest absolute Gasteiger partial charge is 0.125 e. The summed E-state index contributed by atoms with van der Waals surface area (Å²) in [6.07, 6.45) is 7.08. The summed E-state index contributed by atoms with van der Waals surface area (Å²) in [6, 6.07) is 5.23. The minimum Gasteiger partial charge on any atom is -0.384 e. The lowest BCUT2D eigenvalue weighted by Gasteiger charge is -2.32. The molecular weight excluding hydrogens is 212 g/mol. The maximum atomic E-state index is 5.70. The number of aromatic nitrogens is 1. The average molecular weight is 232 g/mol. The van der Waals surface area contributed by atoms with Crippen LogP contribution in [0.1, 0.15) is 25.7 Å². The molecule has 4 nitrogen and oxygen atoms in total. The van der Waals surface area contributed by atoms with Crippen LogP contribution in [0.4, 0.5) is 11.5 Å². The molecule has 0 aliphatic carbocycles. The van der Waals surface area contributed by atoms with E-state index in [0.29, 0.717) is 11.9 Å². The minimum absolute atomic E-state index is 0.581. The number of anilines is 2. The summed E-state index contributed by atoms with van der Waals surface area (Å²) in [5, 5.41) is 3.62. The highest BCUT2D eigenvalue weighted by molar-refractivity contribution is 5.50. The third kappa shape index (κ3) is 2.22. The average Bonchev–Trinajstić information content (AvgIpc) is 2.73. The summed E-state index contributed by atoms with van der Waals surface area (Å²) >= 11 is 0. The SMILES string of the molecule is Nc1cc(NC2CCN3CCCCC23)ccn1. The third-order valence-corrected chi connectivity index (χ3v) is 3.99. The zero-order valence-corrected chi connectivity index (χ0v) is 10.1. The third-order valence-electron chi connectivity index (χ3n) is 3.99. The zero-order chi connectivity index (χ0) is 11.7. The predicted molar refractivity (Wildman–Crippen MR) is 69.9 cm³/mol. The number of hydrogen-bond acceptors (Lipinski definition) is 4. The quantitative estimate of drug-likeness (QED) is 0.815. The van der Waals surface area contributed by atoms with Crippen LogP contribution in [0.15, 0.2) is 18.3 Å². The van der Waals surface area contributed by atoms with Crippen molar-refractivity contribution in [3.8, 4) is 0 Å². The van der Waals surface area contributed by atoms with Crippen LogP contribution < -0.4 is 11.1 Å². The van der Waals surface area contributed by atoms with Crippen molar-refractivity contribution in [3.05, 3.63) is 18.3 Å². The fourth-order valence-electron chi connectivity index (χ4n) is 3.17. The molecule has 0 spiro atoms. The second kappa shape index (κ2) is 4.53. The number of nitrogens with two attached hydrogens (primary N) is 1. The zero-order valence-electron chi connectivity index (χ0n) is 10.1. The van der Waals surface area contributed by atoms with Gasteiger partial charge in [-0.25, -0.2) is 4.98 Å². The van der Waals surface area contributed by atoms with E-state index in [0.717, 1.165) is 11.7 Å². The Labute approximate surface area is 102 Å². The van der Waals surface area contributed by atoms with Gasteiger partial charge in [-0.05, 0) is 31.9 Å². The first kappa shape index (κ1) is 10.8. The van der Waals surface area contributed by atoms with E-state index in [1.54, 1.807) is 6.20 Å². The molecule has 0 radical (unpaired) electrons. The van der Waals surface area contributed by atoms with Crippen LogP contribution in [-0.2, 0) is 0 Å². The lowest BCUT2D eigenvalue weighted by atomic mass is 9.99. The maximum Gasteiger partial charge on any atom is 0.125 e. The normalized spacial score (nSPS) is 28.9. The minimum atomic E-state index is 0.581. The van der Waals surface area contributed by atoms with Crippen molar-refractivity contribution in [2.75, 3.05) is 24.1 Å². The van der Waals surface area contributed by atoms with E-state index in [2.05, 4.69) is 15.2 Å². The number of fused-ring (bicyclic) bond motifs is 1. The lowest BCUT2D eigenvalue weighted by molar-refractivity contribution is 0.193. The molecular formula is C13H20N4. The molecule has 3 heterocycles. The second-order valence-corrected chi connectivity index (χ2v) is 5.11. The van der Waals surface area contributed by atoms with Gasteiger partial charge in [0.1, 0.15) is 5.82 Å². The number of pyridine rings is 1. The van der Waals surface area contributed by atoms with Crippen molar-refractivity contribution in [1.29, 1.82) is 0 Å². The number of nitrogen functional groups attached to an aromatic ring is 1. The van der Waals surface area contributed by atoms with Gasteiger partial charge in [0, 0.05) is 36.6 Å². The van der Waals surface area contributed by atoms with E-state index < -0.39 is 0 Å². The van der Waals surface area contributed by atoms with Crippen LogP contribution >= 0.6 is 0 Å².